The lowest BCUT2D eigenvalue weighted by Crippen LogP contribution is -2.07. The van der Waals surface area contributed by atoms with Gasteiger partial charge in [0.2, 0.25) is 5.76 Å². The third kappa shape index (κ3) is 2.95. The van der Waals surface area contributed by atoms with E-state index in [9.17, 15) is 4.79 Å². The minimum absolute atomic E-state index is 0.0830. The van der Waals surface area contributed by atoms with E-state index in [1.165, 1.54) is 12.1 Å². The van der Waals surface area contributed by atoms with Crippen LogP contribution < -0.4 is 10.5 Å². The number of hydrogen-bond donors (Lipinski definition) is 1. The quantitative estimate of drug-likeness (QED) is 0.585. The van der Waals surface area contributed by atoms with E-state index in [1.54, 1.807) is 12.1 Å². The molecule has 0 saturated heterocycles. The van der Waals surface area contributed by atoms with Gasteiger partial charge < -0.3 is 14.9 Å². The van der Waals surface area contributed by atoms with E-state index < -0.39 is 5.97 Å². The summed E-state index contributed by atoms with van der Waals surface area (Å²) in [5.74, 6) is 0.148. The minimum Gasteiger partial charge on any atom is -0.434 e. The van der Waals surface area contributed by atoms with Crippen molar-refractivity contribution in [1.29, 1.82) is 0 Å². The number of nitrogens with two attached hydrogens (primary N) is 1. The van der Waals surface area contributed by atoms with Crippen LogP contribution in [0.5, 0.6) is 5.75 Å². The van der Waals surface area contributed by atoms with Gasteiger partial charge in [0.15, 0.2) is 5.88 Å². The predicted molar refractivity (Wildman–Crippen MR) is 80.0 cm³/mol. The van der Waals surface area contributed by atoms with Crippen LogP contribution in [0.3, 0.4) is 0 Å². The molecule has 3 rings (SSSR count). The molecule has 0 amide bonds. The van der Waals surface area contributed by atoms with Gasteiger partial charge in [-0.05, 0) is 29.3 Å². The summed E-state index contributed by atoms with van der Waals surface area (Å²) in [5, 5.41) is 0. The van der Waals surface area contributed by atoms with Gasteiger partial charge in [-0.1, -0.05) is 42.5 Å². The van der Waals surface area contributed by atoms with Crippen molar-refractivity contribution in [2.24, 2.45) is 0 Å². The van der Waals surface area contributed by atoms with E-state index in [0.717, 1.165) is 11.1 Å². The van der Waals surface area contributed by atoms with Crippen molar-refractivity contribution in [3.05, 3.63) is 72.5 Å². The molecule has 1 aromatic heterocycles. The maximum Gasteiger partial charge on any atom is 0.379 e. The molecule has 4 heteroatoms. The largest absolute Gasteiger partial charge is 0.434 e. The zero-order chi connectivity index (χ0) is 14.7. The lowest BCUT2D eigenvalue weighted by molar-refractivity contribution is 0.0702. The summed E-state index contributed by atoms with van der Waals surface area (Å²) in [4.78, 5) is 11.8. The van der Waals surface area contributed by atoms with E-state index in [2.05, 4.69) is 0 Å². The molecule has 1 heterocycles. The number of esters is 1. The topological polar surface area (TPSA) is 65.5 Å². The fraction of sp³-hybridized carbons (Fsp3) is 0. The highest BCUT2D eigenvalue weighted by Gasteiger charge is 2.12. The molecule has 104 valence electrons. The maximum absolute atomic E-state index is 11.8. The average molecular weight is 279 g/mol. The standard InChI is InChI=1S/C17H13NO3/c18-16-11-10-15(21-16)17(19)20-14-8-6-13(7-9-14)12-4-2-1-3-5-12/h1-11H,18H2. The highest BCUT2D eigenvalue weighted by atomic mass is 16.5. The molecule has 0 unspecified atom stereocenters. The molecule has 21 heavy (non-hydrogen) atoms. The zero-order valence-electron chi connectivity index (χ0n) is 11.2. The molecule has 0 bridgehead atoms. The second-order valence-electron chi connectivity index (χ2n) is 4.48. The number of carbonyl (C=O) groups excluding carboxylic acids is 1. The second kappa shape index (κ2) is 5.54. The smallest absolute Gasteiger partial charge is 0.379 e. The SMILES string of the molecule is Nc1ccc(C(=O)Oc2ccc(-c3ccccc3)cc2)o1. The highest BCUT2D eigenvalue weighted by Crippen LogP contribution is 2.22. The Morgan fingerprint density at radius 1 is 0.857 bits per heavy atom. The lowest BCUT2D eigenvalue weighted by atomic mass is 10.1. The van der Waals surface area contributed by atoms with Gasteiger partial charge in [-0.15, -0.1) is 0 Å². The Bertz CT molecular complexity index is 745. The number of furan rings is 1. The Hall–Kier alpha value is -3.01. The maximum atomic E-state index is 11.8. The Morgan fingerprint density at radius 2 is 1.52 bits per heavy atom. The molecule has 0 saturated carbocycles. The first-order chi connectivity index (χ1) is 10.2. The lowest BCUT2D eigenvalue weighted by Gasteiger charge is -2.04. The number of carbonyl (C=O) groups is 1. The van der Waals surface area contributed by atoms with E-state index in [1.807, 2.05) is 42.5 Å². The van der Waals surface area contributed by atoms with E-state index >= 15 is 0 Å². The Kier molecular flexibility index (Phi) is 3.43. The summed E-state index contributed by atoms with van der Waals surface area (Å²) in [7, 11) is 0. The van der Waals surface area contributed by atoms with Gasteiger partial charge in [-0.2, -0.15) is 0 Å². The first-order valence-electron chi connectivity index (χ1n) is 6.45. The van der Waals surface area contributed by atoms with Gasteiger partial charge in [-0.3, -0.25) is 0 Å². The van der Waals surface area contributed by atoms with Crippen LogP contribution in [0, 0.1) is 0 Å². The third-order valence-corrected chi connectivity index (χ3v) is 3.00. The van der Waals surface area contributed by atoms with Crippen molar-refractivity contribution in [3.63, 3.8) is 0 Å². The van der Waals surface area contributed by atoms with Crippen LogP contribution in [0.1, 0.15) is 10.6 Å². The van der Waals surface area contributed by atoms with Crippen LogP contribution in [-0.2, 0) is 0 Å². The molecular formula is C17H13NO3. The molecule has 0 aliphatic rings. The number of ether oxygens (including phenoxy) is 1. The van der Waals surface area contributed by atoms with Crippen LogP contribution in [0.15, 0.2) is 71.1 Å². The van der Waals surface area contributed by atoms with Gasteiger partial charge in [0.1, 0.15) is 5.75 Å². The molecular weight excluding hydrogens is 266 g/mol. The monoisotopic (exact) mass is 279 g/mol. The van der Waals surface area contributed by atoms with Gasteiger partial charge >= 0.3 is 5.97 Å². The number of anilines is 1. The molecule has 2 aromatic carbocycles. The van der Waals surface area contributed by atoms with Gasteiger partial charge in [0.25, 0.3) is 0 Å². The van der Waals surface area contributed by atoms with Crippen LogP contribution in [-0.4, -0.2) is 5.97 Å². The fourth-order valence-electron chi connectivity index (χ4n) is 1.97. The molecule has 3 aromatic rings. The first kappa shape index (κ1) is 13.0. The van der Waals surface area contributed by atoms with Gasteiger partial charge in [0, 0.05) is 6.07 Å². The molecule has 0 atom stereocenters. The van der Waals surface area contributed by atoms with Crippen molar-refractivity contribution in [2.45, 2.75) is 0 Å². The molecule has 0 radical (unpaired) electrons. The van der Waals surface area contributed by atoms with E-state index in [-0.39, 0.29) is 11.6 Å². The van der Waals surface area contributed by atoms with Crippen LogP contribution in [0.4, 0.5) is 5.88 Å². The number of benzene rings is 2. The number of rotatable bonds is 3. The van der Waals surface area contributed by atoms with Crippen LogP contribution in [0.25, 0.3) is 11.1 Å². The highest BCUT2D eigenvalue weighted by molar-refractivity contribution is 5.88. The average Bonchev–Trinajstić information content (AvgIpc) is 2.96. The summed E-state index contributed by atoms with van der Waals surface area (Å²) in [6, 6.07) is 20.2. The van der Waals surface area contributed by atoms with E-state index in [4.69, 9.17) is 14.9 Å². The van der Waals surface area contributed by atoms with Crippen molar-refractivity contribution in [3.8, 4) is 16.9 Å². The molecule has 0 spiro atoms. The zero-order valence-corrected chi connectivity index (χ0v) is 11.2. The molecule has 0 fully saturated rings. The second-order valence-corrected chi connectivity index (χ2v) is 4.48. The molecule has 0 aliphatic carbocycles. The molecule has 0 aliphatic heterocycles. The summed E-state index contributed by atoms with van der Waals surface area (Å²) < 4.78 is 10.2. The Balaban J connectivity index is 1.74. The predicted octanol–water partition coefficient (Wildman–Crippen LogP) is 3.75. The Morgan fingerprint density at radius 3 is 2.14 bits per heavy atom. The molecule has 4 nitrogen and oxygen atoms in total. The normalized spacial score (nSPS) is 10.3. The van der Waals surface area contributed by atoms with Crippen LogP contribution >= 0.6 is 0 Å². The molecule has 2 N–H and O–H groups in total. The van der Waals surface area contributed by atoms with Gasteiger partial charge in [-0.25, -0.2) is 4.79 Å². The Labute approximate surface area is 121 Å². The van der Waals surface area contributed by atoms with Crippen molar-refractivity contribution < 1.29 is 13.9 Å². The summed E-state index contributed by atoms with van der Waals surface area (Å²) in [5.41, 5.74) is 7.58. The summed E-state index contributed by atoms with van der Waals surface area (Å²) in [6.45, 7) is 0. The van der Waals surface area contributed by atoms with Crippen molar-refractivity contribution >= 4 is 11.9 Å². The van der Waals surface area contributed by atoms with Gasteiger partial charge in [0.05, 0.1) is 0 Å². The fourth-order valence-corrected chi connectivity index (χ4v) is 1.97. The first-order valence-corrected chi connectivity index (χ1v) is 6.45. The van der Waals surface area contributed by atoms with Crippen LogP contribution in [0.2, 0.25) is 0 Å². The van der Waals surface area contributed by atoms with Crippen molar-refractivity contribution in [1.82, 2.24) is 0 Å². The summed E-state index contributed by atoms with van der Waals surface area (Å²) in [6.07, 6.45) is 0. The van der Waals surface area contributed by atoms with Crippen molar-refractivity contribution in [2.75, 3.05) is 5.73 Å². The third-order valence-electron chi connectivity index (χ3n) is 3.00. The number of hydrogen-bond acceptors (Lipinski definition) is 4. The minimum atomic E-state index is -0.570. The summed E-state index contributed by atoms with van der Waals surface area (Å²) >= 11 is 0. The van der Waals surface area contributed by atoms with E-state index in [0.29, 0.717) is 5.75 Å². The number of nitrogen functional groups attached to an aromatic ring is 1.